The quantitative estimate of drug-likeness (QED) is 0.863. The molecule has 2 atom stereocenters. The number of carboxylic acids is 1. The van der Waals surface area contributed by atoms with Crippen LogP contribution in [-0.2, 0) is 9.59 Å². The molecule has 2 rings (SSSR count). The fourth-order valence-electron chi connectivity index (χ4n) is 2.41. The standard InChI is InChI=1S/C14H17NO4/c1-9(16)15-12(14(17)18)8-10-6-7-19-13-5-3-2-4-11(10)13/h2-5,10,12H,6-8H2,1H3,(H,15,16)(H,17,18). The van der Waals surface area contributed by atoms with Gasteiger partial charge in [0.25, 0.3) is 0 Å². The average Bonchev–Trinajstić information content (AvgIpc) is 2.37. The molecular weight excluding hydrogens is 246 g/mol. The number of carbonyl (C=O) groups is 2. The summed E-state index contributed by atoms with van der Waals surface area (Å²) >= 11 is 0. The van der Waals surface area contributed by atoms with Crippen molar-refractivity contribution in [3.63, 3.8) is 0 Å². The van der Waals surface area contributed by atoms with E-state index in [1.165, 1.54) is 6.92 Å². The first kappa shape index (κ1) is 13.4. The number of benzene rings is 1. The van der Waals surface area contributed by atoms with Gasteiger partial charge in [-0.3, -0.25) is 4.79 Å². The number of rotatable bonds is 4. The van der Waals surface area contributed by atoms with Crippen molar-refractivity contribution >= 4 is 11.9 Å². The molecule has 0 radical (unpaired) electrons. The zero-order valence-electron chi connectivity index (χ0n) is 10.8. The molecule has 1 amide bonds. The number of carboxylic acid groups (broad SMARTS) is 1. The van der Waals surface area contributed by atoms with Crippen LogP contribution in [0.3, 0.4) is 0 Å². The molecule has 102 valence electrons. The predicted octanol–water partition coefficient (Wildman–Crippen LogP) is 1.53. The molecule has 2 N–H and O–H groups in total. The van der Waals surface area contributed by atoms with Gasteiger partial charge in [0.2, 0.25) is 5.91 Å². The molecule has 1 aromatic carbocycles. The van der Waals surface area contributed by atoms with Crippen LogP contribution in [0.2, 0.25) is 0 Å². The molecule has 19 heavy (non-hydrogen) atoms. The van der Waals surface area contributed by atoms with E-state index in [-0.39, 0.29) is 11.8 Å². The molecule has 1 heterocycles. The first-order valence-corrected chi connectivity index (χ1v) is 6.29. The zero-order chi connectivity index (χ0) is 13.8. The summed E-state index contributed by atoms with van der Waals surface area (Å²) in [4.78, 5) is 22.2. The number of para-hydroxylation sites is 1. The highest BCUT2D eigenvalue weighted by molar-refractivity contribution is 5.82. The summed E-state index contributed by atoms with van der Waals surface area (Å²) in [6.45, 7) is 1.90. The van der Waals surface area contributed by atoms with Crippen LogP contribution in [0.1, 0.15) is 31.2 Å². The maximum atomic E-state index is 11.2. The van der Waals surface area contributed by atoms with Crippen LogP contribution >= 0.6 is 0 Å². The first-order valence-electron chi connectivity index (χ1n) is 6.29. The Kier molecular flexibility index (Phi) is 4.04. The summed E-state index contributed by atoms with van der Waals surface area (Å²) < 4.78 is 5.54. The zero-order valence-corrected chi connectivity index (χ0v) is 10.8. The SMILES string of the molecule is CC(=O)NC(CC1CCOc2ccccc21)C(=O)O. The Morgan fingerprint density at radius 2 is 2.21 bits per heavy atom. The minimum atomic E-state index is -1.00. The number of fused-ring (bicyclic) bond motifs is 1. The lowest BCUT2D eigenvalue weighted by Gasteiger charge is -2.27. The Hall–Kier alpha value is -2.04. The third-order valence-corrected chi connectivity index (χ3v) is 3.28. The third kappa shape index (κ3) is 3.24. The van der Waals surface area contributed by atoms with Crippen LogP contribution in [-0.4, -0.2) is 29.6 Å². The van der Waals surface area contributed by atoms with E-state index in [0.29, 0.717) is 13.0 Å². The highest BCUT2D eigenvalue weighted by Gasteiger charge is 2.28. The average molecular weight is 263 g/mol. The second kappa shape index (κ2) is 5.73. The number of nitrogens with one attached hydrogen (secondary N) is 1. The number of hydrogen-bond donors (Lipinski definition) is 2. The molecule has 5 heteroatoms. The van der Waals surface area contributed by atoms with E-state index in [4.69, 9.17) is 9.84 Å². The molecule has 1 aromatic rings. The van der Waals surface area contributed by atoms with Crippen LogP contribution in [0.15, 0.2) is 24.3 Å². The van der Waals surface area contributed by atoms with Gasteiger partial charge in [-0.05, 0) is 30.4 Å². The van der Waals surface area contributed by atoms with E-state index < -0.39 is 12.0 Å². The van der Waals surface area contributed by atoms with Crippen molar-refractivity contribution in [1.82, 2.24) is 5.32 Å². The highest BCUT2D eigenvalue weighted by atomic mass is 16.5. The van der Waals surface area contributed by atoms with Gasteiger partial charge in [-0.15, -0.1) is 0 Å². The van der Waals surface area contributed by atoms with Crippen molar-refractivity contribution in [3.8, 4) is 5.75 Å². The van der Waals surface area contributed by atoms with Crippen molar-refractivity contribution in [2.75, 3.05) is 6.61 Å². The fourth-order valence-corrected chi connectivity index (χ4v) is 2.41. The summed E-state index contributed by atoms with van der Waals surface area (Å²) in [5.41, 5.74) is 1.02. The molecule has 0 aromatic heterocycles. The molecule has 0 aliphatic carbocycles. The lowest BCUT2D eigenvalue weighted by molar-refractivity contribution is -0.141. The third-order valence-electron chi connectivity index (χ3n) is 3.28. The first-order chi connectivity index (χ1) is 9.08. The highest BCUT2D eigenvalue weighted by Crippen LogP contribution is 2.36. The van der Waals surface area contributed by atoms with Gasteiger partial charge >= 0.3 is 5.97 Å². The number of amides is 1. The minimum absolute atomic E-state index is 0.0953. The number of hydrogen-bond acceptors (Lipinski definition) is 3. The van der Waals surface area contributed by atoms with Gasteiger partial charge in [-0.2, -0.15) is 0 Å². The predicted molar refractivity (Wildman–Crippen MR) is 69.2 cm³/mol. The summed E-state index contributed by atoms with van der Waals surface area (Å²) in [6.07, 6.45) is 1.15. The number of carbonyl (C=O) groups excluding carboxylic acids is 1. The van der Waals surface area contributed by atoms with Crippen LogP contribution < -0.4 is 10.1 Å². The van der Waals surface area contributed by atoms with E-state index in [2.05, 4.69) is 5.32 Å². The Balaban J connectivity index is 2.14. The molecule has 1 aliphatic heterocycles. The topological polar surface area (TPSA) is 75.6 Å². The molecule has 5 nitrogen and oxygen atoms in total. The maximum Gasteiger partial charge on any atom is 0.326 e. The van der Waals surface area contributed by atoms with Crippen LogP contribution in [0, 0.1) is 0 Å². The Morgan fingerprint density at radius 1 is 1.47 bits per heavy atom. The molecular formula is C14H17NO4. The van der Waals surface area contributed by atoms with Crippen molar-refractivity contribution in [3.05, 3.63) is 29.8 Å². The van der Waals surface area contributed by atoms with Gasteiger partial charge in [-0.1, -0.05) is 18.2 Å². The normalized spacial score (nSPS) is 18.9. The van der Waals surface area contributed by atoms with Crippen molar-refractivity contribution in [2.24, 2.45) is 0 Å². The summed E-state index contributed by atoms with van der Waals surface area (Å²) in [5.74, 6) is -0.421. The second-order valence-corrected chi connectivity index (χ2v) is 4.70. The maximum absolute atomic E-state index is 11.2. The molecule has 0 saturated carbocycles. The fraction of sp³-hybridized carbons (Fsp3) is 0.429. The lowest BCUT2D eigenvalue weighted by Crippen LogP contribution is -2.41. The van der Waals surface area contributed by atoms with Crippen molar-refractivity contribution in [1.29, 1.82) is 0 Å². The largest absolute Gasteiger partial charge is 0.493 e. The molecule has 1 aliphatic rings. The van der Waals surface area contributed by atoms with Crippen molar-refractivity contribution < 1.29 is 19.4 Å². The van der Waals surface area contributed by atoms with E-state index in [1.54, 1.807) is 0 Å². The molecule has 0 spiro atoms. The Bertz CT molecular complexity index is 486. The van der Waals surface area contributed by atoms with E-state index >= 15 is 0 Å². The lowest BCUT2D eigenvalue weighted by atomic mass is 9.87. The summed E-state index contributed by atoms with van der Waals surface area (Å²) in [6, 6.07) is 6.79. The smallest absolute Gasteiger partial charge is 0.326 e. The molecule has 0 saturated heterocycles. The van der Waals surface area contributed by atoms with E-state index in [9.17, 15) is 9.59 Å². The number of ether oxygens (including phenoxy) is 1. The van der Waals surface area contributed by atoms with Gasteiger partial charge in [0, 0.05) is 6.92 Å². The summed E-state index contributed by atoms with van der Waals surface area (Å²) in [5, 5.41) is 11.6. The van der Waals surface area contributed by atoms with Gasteiger partial charge in [0.1, 0.15) is 11.8 Å². The number of aliphatic carboxylic acids is 1. The Morgan fingerprint density at radius 3 is 2.89 bits per heavy atom. The van der Waals surface area contributed by atoms with Gasteiger partial charge in [-0.25, -0.2) is 4.79 Å². The van der Waals surface area contributed by atoms with E-state index in [1.807, 2.05) is 24.3 Å². The van der Waals surface area contributed by atoms with E-state index in [0.717, 1.165) is 17.7 Å². The van der Waals surface area contributed by atoms with Gasteiger partial charge < -0.3 is 15.2 Å². The second-order valence-electron chi connectivity index (χ2n) is 4.70. The van der Waals surface area contributed by atoms with Gasteiger partial charge in [0.15, 0.2) is 0 Å². The molecule has 0 bridgehead atoms. The molecule has 2 unspecified atom stereocenters. The Labute approximate surface area is 111 Å². The summed E-state index contributed by atoms with van der Waals surface area (Å²) in [7, 11) is 0. The van der Waals surface area contributed by atoms with Gasteiger partial charge in [0.05, 0.1) is 6.61 Å². The van der Waals surface area contributed by atoms with Crippen LogP contribution in [0.4, 0.5) is 0 Å². The minimum Gasteiger partial charge on any atom is -0.493 e. The van der Waals surface area contributed by atoms with Crippen LogP contribution in [0.25, 0.3) is 0 Å². The van der Waals surface area contributed by atoms with Crippen molar-refractivity contribution in [2.45, 2.75) is 31.7 Å². The monoisotopic (exact) mass is 263 g/mol. The molecule has 0 fully saturated rings. The van der Waals surface area contributed by atoms with Crippen LogP contribution in [0.5, 0.6) is 5.75 Å².